The van der Waals surface area contributed by atoms with E-state index in [4.69, 9.17) is 18.9 Å². The van der Waals surface area contributed by atoms with Crippen LogP contribution in [0.5, 0.6) is 28.7 Å². The zero-order valence-electron chi connectivity index (χ0n) is 15.5. The van der Waals surface area contributed by atoms with Crippen molar-refractivity contribution in [3.8, 4) is 28.7 Å². The van der Waals surface area contributed by atoms with Crippen LogP contribution >= 0.6 is 0 Å². The molecule has 1 aliphatic heterocycles. The van der Waals surface area contributed by atoms with Crippen LogP contribution in [0.2, 0.25) is 0 Å². The monoisotopic (exact) mass is 356 g/mol. The van der Waals surface area contributed by atoms with Crippen LogP contribution in [0.15, 0.2) is 36.9 Å². The van der Waals surface area contributed by atoms with Gasteiger partial charge in [-0.15, -0.1) is 6.58 Å². The van der Waals surface area contributed by atoms with Gasteiger partial charge >= 0.3 is 0 Å². The van der Waals surface area contributed by atoms with E-state index < -0.39 is 0 Å². The Labute approximate surface area is 153 Å². The number of rotatable bonds is 6. The second-order valence-corrected chi connectivity index (χ2v) is 6.30. The summed E-state index contributed by atoms with van der Waals surface area (Å²) in [6.45, 7) is 5.85. The molecule has 1 N–H and O–H groups in total. The Morgan fingerprint density at radius 2 is 1.73 bits per heavy atom. The zero-order chi connectivity index (χ0) is 18.8. The van der Waals surface area contributed by atoms with Crippen molar-refractivity contribution in [2.45, 2.75) is 25.4 Å². The van der Waals surface area contributed by atoms with Gasteiger partial charge in [-0.2, -0.15) is 0 Å². The van der Waals surface area contributed by atoms with Crippen LogP contribution in [0.4, 0.5) is 0 Å². The standard InChI is InChI=1S/C21H24O5/c1-6-7-13-8-15-12(2)20(26-17(15)11-16(13)22)14-9-18(23-3)21(25-5)19(10-14)24-4/h6,8-12,20,22H,1,7H2,2-5H3/t12-,20-/m0/s1. The number of phenolic OH excluding ortho intramolecular Hbond substituents is 1. The van der Waals surface area contributed by atoms with Crippen LogP contribution < -0.4 is 18.9 Å². The molecule has 0 spiro atoms. The number of fused-ring (bicyclic) bond motifs is 1. The second-order valence-electron chi connectivity index (χ2n) is 6.30. The fraction of sp³-hybridized carbons (Fsp3) is 0.333. The third-order valence-electron chi connectivity index (χ3n) is 4.79. The Balaban J connectivity index is 2.02. The molecule has 2 aromatic rings. The minimum absolute atomic E-state index is 0.108. The van der Waals surface area contributed by atoms with Crippen molar-refractivity contribution in [2.75, 3.05) is 21.3 Å². The van der Waals surface area contributed by atoms with Crippen molar-refractivity contribution in [3.05, 3.63) is 53.6 Å². The van der Waals surface area contributed by atoms with Gasteiger partial charge < -0.3 is 24.1 Å². The molecule has 0 aliphatic carbocycles. The first-order chi connectivity index (χ1) is 12.5. The SMILES string of the molecule is C=CCc1cc2c(cc1O)O[C@H](c1cc(OC)c(OC)c(OC)c1)[C@H]2C. The summed E-state index contributed by atoms with van der Waals surface area (Å²) in [4.78, 5) is 0. The number of ether oxygens (including phenoxy) is 4. The van der Waals surface area contributed by atoms with Gasteiger partial charge in [0.15, 0.2) is 11.5 Å². The molecule has 5 nitrogen and oxygen atoms in total. The second kappa shape index (κ2) is 7.20. The lowest BCUT2D eigenvalue weighted by Gasteiger charge is -2.19. The maximum Gasteiger partial charge on any atom is 0.203 e. The zero-order valence-corrected chi connectivity index (χ0v) is 15.5. The Bertz CT molecular complexity index is 802. The summed E-state index contributed by atoms with van der Waals surface area (Å²) < 4.78 is 22.4. The van der Waals surface area contributed by atoms with E-state index in [2.05, 4.69) is 13.5 Å². The highest BCUT2D eigenvalue weighted by molar-refractivity contribution is 5.57. The molecule has 0 amide bonds. The maximum atomic E-state index is 10.2. The number of allylic oxidation sites excluding steroid dienone is 1. The Morgan fingerprint density at radius 1 is 1.08 bits per heavy atom. The summed E-state index contributed by atoms with van der Waals surface area (Å²) in [6, 6.07) is 7.48. The summed E-state index contributed by atoms with van der Waals surface area (Å²) in [6.07, 6.45) is 2.18. The van der Waals surface area contributed by atoms with Gasteiger partial charge in [-0.3, -0.25) is 0 Å². The van der Waals surface area contributed by atoms with Crippen LogP contribution in [-0.4, -0.2) is 26.4 Å². The van der Waals surface area contributed by atoms with Gasteiger partial charge in [0.1, 0.15) is 17.6 Å². The number of phenols is 1. The van der Waals surface area contributed by atoms with E-state index in [1.165, 1.54) is 0 Å². The summed E-state index contributed by atoms with van der Waals surface area (Å²) in [5, 5.41) is 10.2. The number of hydrogen-bond donors (Lipinski definition) is 1. The van der Waals surface area contributed by atoms with Crippen molar-refractivity contribution < 1.29 is 24.1 Å². The van der Waals surface area contributed by atoms with Gasteiger partial charge in [0.05, 0.1) is 21.3 Å². The first-order valence-corrected chi connectivity index (χ1v) is 8.47. The number of hydrogen-bond acceptors (Lipinski definition) is 5. The first kappa shape index (κ1) is 18.0. The molecule has 0 aromatic heterocycles. The van der Waals surface area contributed by atoms with E-state index in [0.717, 1.165) is 16.7 Å². The molecule has 0 radical (unpaired) electrons. The minimum Gasteiger partial charge on any atom is -0.508 e. The number of methoxy groups -OCH3 is 3. The summed E-state index contributed by atoms with van der Waals surface area (Å²) >= 11 is 0. The van der Waals surface area contributed by atoms with E-state index in [1.807, 2.05) is 18.2 Å². The Kier molecular flexibility index (Phi) is 4.98. The predicted molar refractivity (Wildman–Crippen MR) is 99.9 cm³/mol. The molecule has 0 fully saturated rings. The van der Waals surface area contributed by atoms with Crippen LogP contribution in [0.3, 0.4) is 0 Å². The van der Waals surface area contributed by atoms with Crippen molar-refractivity contribution in [2.24, 2.45) is 0 Å². The molecule has 3 rings (SSSR count). The van der Waals surface area contributed by atoms with Gasteiger partial charge in [0, 0.05) is 23.1 Å². The van der Waals surface area contributed by atoms with Gasteiger partial charge in [-0.25, -0.2) is 0 Å². The van der Waals surface area contributed by atoms with E-state index in [1.54, 1.807) is 33.5 Å². The molecular formula is C21H24O5. The van der Waals surface area contributed by atoms with Crippen molar-refractivity contribution >= 4 is 0 Å². The highest BCUT2D eigenvalue weighted by atomic mass is 16.5. The number of aromatic hydroxyl groups is 1. The molecule has 2 atom stereocenters. The fourth-order valence-electron chi connectivity index (χ4n) is 3.43. The van der Waals surface area contributed by atoms with Crippen molar-refractivity contribution in [1.82, 2.24) is 0 Å². The number of benzene rings is 2. The average molecular weight is 356 g/mol. The largest absolute Gasteiger partial charge is 0.508 e. The van der Waals surface area contributed by atoms with Gasteiger partial charge in [-0.05, 0) is 30.2 Å². The van der Waals surface area contributed by atoms with E-state index in [0.29, 0.717) is 29.4 Å². The molecule has 0 bridgehead atoms. The normalized spacial score (nSPS) is 18.0. The third kappa shape index (κ3) is 2.94. The molecular weight excluding hydrogens is 332 g/mol. The van der Waals surface area contributed by atoms with Gasteiger partial charge in [0.25, 0.3) is 0 Å². The van der Waals surface area contributed by atoms with E-state index in [9.17, 15) is 5.11 Å². The van der Waals surface area contributed by atoms with Crippen LogP contribution in [-0.2, 0) is 6.42 Å². The Morgan fingerprint density at radius 3 is 2.27 bits per heavy atom. The highest BCUT2D eigenvalue weighted by Gasteiger charge is 2.34. The average Bonchev–Trinajstić information content (AvgIpc) is 2.96. The smallest absolute Gasteiger partial charge is 0.203 e. The molecule has 2 aromatic carbocycles. The lowest BCUT2D eigenvalue weighted by Crippen LogP contribution is -2.08. The van der Waals surface area contributed by atoms with Crippen LogP contribution in [0, 0.1) is 0 Å². The van der Waals surface area contributed by atoms with Crippen molar-refractivity contribution in [3.63, 3.8) is 0 Å². The third-order valence-corrected chi connectivity index (χ3v) is 4.79. The van der Waals surface area contributed by atoms with Gasteiger partial charge in [-0.1, -0.05) is 13.0 Å². The van der Waals surface area contributed by atoms with E-state index >= 15 is 0 Å². The van der Waals surface area contributed by atoms with E-state index in [-0.39, 0.29) is 17.8 Å². The molecule has 0 saturated carbocycles. The molecule has 138 valence electrons. The van der Waals surface area contributed by atoms with Gasteiger partial charge in [0.2, 0.25) is 5.75 Å². The van der Waals surface area contributed by atoms with Crippen molar-refractivity contribution in [1.29, 1.82) is 0 Å². The lowest BCUT2D eigenvalue weighted by molar-refractivity contribution is 0.213. The predicted octanol–water partition coefficient (Wildman–Crippen LogP) is 4.38. The van der Waals surface area contributed by atoms with Crippen LogP contribution in [0.25, 0.3) is 0 Å². The maximum absolute atomic E-state index is 10.2. The summed E-state index contributed by atoms with van der Waals surface area (Å²) in [5.41, 5.74) is 2.84. The first-order valence-electron chi connectivity index (χ1n) is 8.47. The molecule has 26 heavy (non-hydrogen) atoms. The summed E-state index contributed by atoms with van der Waals surface area (Å²) in [5.74, 6) is 2.75. The molecule has 1 aliphatic rings. The molecule has 5 heteroatoms. The van der Waals surface area contributed by atoms with Crippen LogP contribution in [0.1, 0.15) is 35.6 Å². The quantitative estimate of drug-likeness (QED) is 0.778. The molecule has 0 unspecified atom stereocenters. The highest BCUT2D eigenvalue weighted by Crippen LogP contribution is 2.50. The Hall–Kier alpha value is -2.82. The molecule has 1 heterocycles. The lowest BCUT2D eigenvalue weighted by atomic mass is 9.91. The minimum atomic E-state index is -0.211. The molecule has 0 saturated heterocycles. The fourth-order valence-corrected chi connectivity index (χ4v) is 3.43. The topological polar surface area (TPSA) is 57.2 Å². The summed E-state index contributed by atoms with van der Waals surface area (Å²) in [7, 11) is 4.76.